The molecule has 1 aliphatic heterocycles. The first-order valence-electron chi connectivity index (χ1n) is 5.21. The van der Waals surface area contributed by atoms with Gasteiger partial charge in [-0.05, 0) is 31.2 Å². The molecule has 1 N–H and O–H groups in total. The van der Waals surface area contributed by atoms with Gasteiger partial charge in [0.1, 0.15) is 11.9 Å². The zero-order valence-electron chi connectivity index (χ0n) is 8.85. The normalized spacial score (nSPS) is 20.6. The Kier molecular flexibility index (Phi) is 3.63. The average molecular weight is 310 g/mol. The summed E-state index contributed by atoms with van der Waals surface area (Å²) < 4.78 is 44.1. The lowest BCUT2D eigenvalue weighted by Crippen LogP contribution is -2.21. The predicted molar refractivity (Wildman–Crippen MR) is 61.0 cm³/mol. The Morgan fingerprint density at radius 1 is 1.35 bits per heavy atom. The molecule has 1 saturated heterocycles. The lowest BCUT2D eigenvalue weighted by molar-refractivity contribution is -0.139. The van der Waals surface area contributed by atoms with Crippen LogP contribution in [0.5, 0.6) is 5.75 Å². The number of halogens is 4. The molecule has 1 heterocycles. The van der Waals surface area contributed by atoms with Gasteiger partial charge in [0.05, 0.1) is 5.56 Å². The maximum Gasteiger partial charge on any atom is 0.420 e. The van der Waals surface area contributed by atoms with Crippen LogP contribution in [0.2, 0.25) is 0 Å². The topological polar surface area (TPSA) is 21.3 Å². The Hall–Kier alpha value is -0.750. The summed E-state index contributed by atoms with van der Waals surface area (Å²) in [4.78, 5) is 0. The fourth-order valence-corrected chi connectivity index (χ4v) is 2.10. The Bertz CT molecular complexity index is 402. The van der Waals surface area contributed by atoms with Crippen molar-refractivity contribution in [2.45, 2.75) is 18.7 Å². The van der Waals surface area contributed by atoms with E-state index in [9.17, 15) is 13.2 Å². The van der Waals surface area contributed by atoms with E-state index in [1.54, 1.807) is 6.07 Å². The zero-order valence-corrected chi connectivity index (χ0v) is 10.4. The van der Waals surface area contributed by atoms with Crippen LogP contribution in [0, 0.1) is 0 Å². The van der Waals surface area contributed by atoms with Crippen molar-refractivity contribution in [1.29, 1.82) is 0 Å². The van der Waals surface area contributed by atoms with Crippen LogP contribution in [0.25, 0.3) is 0 Å². The van der Waals surface area contributed by atoms with E-state index in [0.29, 0.717) is 11.0 Å². The summed E-state index contributed by atoms with van der Waals surface area (Å²) in [5.41, 5.74) is -0.737. The van der Waals surface area contributed by atoms with Crippen molar-refractivity contribution < 1.29 is 17.9 Å². The minimum Gasteiger partial charge on any atom is -0.488 e. The second-order valence-electron chi connectivity index (χ2n) is 3.87. The maximum absolute atomic E-state index is 12.8. The minimum absolute atomic E-state index is 0.102. The van der Waals surface area contributed by atoms with Gasteiger partial charge in [-0.1, -0.05) is 15.9 Å². The summed E-state index contributed by atoms with van der Waals surface area (Å²) >= 11 is 3.03. The van der Waals surface area contributed by atoms with Crippen molar-refractivity contribution >= 4 is 15.9 Å². The van der Waals surface area contributed by atoms with E-state index in [-0.39, 0.29) is 11.9 Å². The van der Waals surface area contributed by atoms with Gasteiger partial charge in [-0.2, -0.15) is 13.2 Å². The molecule has 0 aliphatic carbocycles. The second-order valence-corrected chi connectivity index (χ2v) is 4.79. The Labute approximate surface area is 105 Å². The largest absolute Gasteiger partial charge is 0.488 e. The lowest BCUT2D eigenvalue weighted by Gasteiger charge is -2.17. The Morgan fingerprint density at radius 3 is 2.71 bits per heavy atom. The molecule has 1 atom stereocenters. The molecular formula is C11H11BrF3NO. The van der Waals surface area contributed by atoms with Crippen molar-refractivity contribution in [3.05, 3.63) is 28.2 Å². The Morgan fingerprint density at radius 2 is 2.12 bits per heavy atom. The van der Waals surface area contributed by atoms with Crippen molar-refractivity contribution in [1.82, 2.24) is 5.32 Å². The van der Waals surface area contributed by atoms with E-state index in [4.69, 9.17) is 4.74 Å². The van der Waals surface area contributed by atoms with Gasteiger partial charge in [0.2, 0.25) is 0 Å². The van der Waals surface area contributed by atoms with E-state index in [1.807, 2.05) is 0 Å². The van der Waals surface area contributed by atoms with Crippen molar-refractivity contribution in [2.24, 2.45) is 0 Å². The van der Waals surface area contributed by atoms with Crippen molar-refractivity contribution in [2.75, 3.05) is 13.1 Å². The summed E-state index contributed by atoms with van der Waals surface area (Å²) in [7, 11) is 0. The molecule has 0 bridgehead atoms. The number of rotatable bonds is 2. The molecule has 1 fully saturated rings. The van der Waals surface area contributed by atoms with Gasteiger partial charge < -0.3 is 10.1 Å². The van der Waals surface area contributed by atoms with E-state index < -0.39 is 11.7 Å². The number of nitrogens with one attached hydrogen (secondary N) is 1. The first kappa shape index (κ1) is 12.7. The molecule has 2 nitrogen and oxygen atoms in total. The first-order chi connectivity index (χ1) is 7.97. The summed E-state index contributed by atoms with van der Waals surface area (Å²) in [6, 6.07) is 3.94. The highest BCUT2D eigenvalue weighted by Crippen LogP contribution is 2.38. The molecule has 0 amide bonds. The SMILES string of the molecule is FC(F)(F)c1cc(Br)ccc1OC1CCNC1. The standard InChI is InChI=1S/C11H11BrF3NO/c12-7-1-2-10(9(5-7)11(13,14)15)17-8-3-4-16-6-8/h1-2,5,8,16H,3-4,6H2. The van der Waals surface area contributed by atoms with E-state index in [0.717, 1.165) is 19.0 Å². The maximum atomic E-state index is 12.8. The molecule has 6 heteroatoms. The summed E-state index contributed by atoms with van der Waals surface area (Å²) in [5, 5.41) is 3.05. The highest BCUT2D eigenvalue weighted by molar-refractivity contribution is 9.10. The number of benzene rings is 1. The number of alkyl halides is 3. The summed E-state index contributed by atoms with van der Waals surface area (Å²) in [6.07, 6.45) is -3.85. The zero-order chi connectivity index (χ0) is 12.5. The molecule has 1 aromatic carbocycles. The highest BCUT2D eigenvalue weighted by atomic mass is 79.9. The lowest BCUT2D eigenvalue weighted by atomic mass is 10.2. The van der Waals surface area contributed by atoms with Gasteiger partial charge in [-0.3, -0.25) is 0 Å². The third kappa shape index (κ3) is 3.13. The third-order valence-electron chi connectivity index (χ3n) is 2.56. The molecule has 0 saturated carbocycles. The number of hydrogen-bond acceptors (Lipinski definition) is 2. The van der Waals surface area contributed by atoms with Crippen LogP contribution < -0.4 is 10.1 Å². The second kappa shape index (κ2) is 4.86. The van der Waals surface area contributed by atoms with Crippen LogP contribution in [0.3, 0.4) is 0 Å². The molecule has 1 unspecified atom stereocenters. The molecule has 1 aliphatic rings. The average Bonchev–Trinajstić information content (AvgIpc) is 2.72. The molecule has 2 rings (SSSR count). The van der Waals surface area contributed by atoms with Crippen LogP contribution in [0.4, 0.5) is 13.2 Å². The van der Waals surface area contributed by atoms with E-state index in [2.05, 4.69) is 21.2 Å². The van der Waals surface area contributed by atoms with Gasteiger partial charge in [0.25, 0.3) is 0 Å². The highest BCUT2D eigenvalue weighted by Gasteiger charge is 2.35. The molecule has 1 aromatic rings. The van der Waals surface area contributed by atoms with Crippen molar-refractivity contribution in [3.8, 4) is 5.75 Å². The van der Waals surface area contributed by atoms with Crippen LogP contribution in [0.1, 0.15) is 12.0 Å². The molecule has 0 aromatic heterocycles. The summed E-state index contributed by atoms with van der Waals surface area (Å²) in [5.74, 6) is -0.102. The molecule has 17 heavy (non-hydrogen) atoms. The molecule has 94 valence electrons. The fourth-order valence-electron chi connectivity index (χ4n) is 1.73. The molecular weight excluding hydrogens is 299 g/mol. The smallest absolute Gasteiger partial charge is 0.420 e. The molecule has 0 spiro atoms. The summed E-state index contributed by atoms with van der Waals surface area (Å²) in [6.45, 7) is 1.37. The van der Waals surface area contributed by atoms with Gasteiger partial charge in [0, 0.05) is 11.0 Å². The van der Waals surface area contributed by atoms with Gasteiger partial charge in [-0.15, -0.1) is 0 Å². The van der Waals surface area contributed by atoms with E-state index >= 15 is 0 Å². The van der Waals surface area contributed by atoms with E-state index in [1.165, 1.54) is 6.07 Å². The fraction of sp³-hybridized carbons (Fsp3) is 0.455. The van der Waals surface area contributed by atoms with Crippen LogP contribution >= 0.6 is 15.9 Å². The van der Waals surface area contributed by atoms with Crippen LogP contribution in [-0.2, 0) is 6.18 Å². The van der Waals surface area contributed by atoms with Crippen molar-refractivity contribution in [3.63, 3.8) is 0 Å². The monoisotopic (exact) mass is 309 g/mol. The van der Waals surface area contributed by atoms with Gasteiger partial charge >= 0.3 is 6.18 Å². The minimum atomic E-state index is -4.40. The van der Waals surface area contributed by atoms with Gasteiger partial charge in [-0.25, -0.2) is 0 Å². The van der Waals surface area contributed by atoms with Crippen LogP contribution in [0.15, 0.2) is 22.7 Å². The molecule has 0 radical (unpaired) electrons. The predicted octanol–water partition coefficient (Wildman–Crippen LogP) is 3.21. The van der Waals surface area contributed by atoms with Gasteiger partial charge in [0.15, 0.2) is 0 Å². The first-order valence-corrected chi connectivity index (χ1v) is 6.00. The number of ether oxygens (including phenoxy) is 1. The Balaban J connectivity index is 2.25. The number of hydrogen-bond donors (Lipinski definition) is 1. The quantitative estimate of drug-likeness (QED) is 0.906. The van der Waals surface area contributed by atoms with Crippen LogP contribution in [-0.4, -0.2) is 19.2 Å². The third-order valence-corrected chi connectivity index (χ3v) is 3.05.